The molecule has 0 saturated carbocycles. The zero-order chi connectivity index (χ0) is 33.7. The number of aromatic nitrogens is 1. The first-order chi connectivity index (χ1) is 23.2. The topological polar surface area (TPSA) is 155 Å². The molecule has 3 aliphatic rings. The second-order valence-electron chi connectivity index (χ2n) is 12.5. The molecule has 1 amide bonds. The first-order valence-corrected chi connectivity index (χ1v) is 17.5. The molecule has 48 heavy (non-hydrogen) atoms. The Balaban J connectivity index is 1.18. The van der Waals surface area contributed by atoms with E-state index in [1.54, 1.807) is 30.6 Å². The molecule has 3 aliphatic heterocycles. The van der Waals surface area contributed by atoms with E-state index in [1.807, 2.05) is 38.1 Å². The fraction of sp³-hybridized carbons (Fsp3) is 0.471. The Morgan fingerprint density at radius 3 is 2.65 bits per heavy atom. The number of hydrogen-bond acceptors (Lipinski definition) is 11. The Kier molecular flexibility index (Phi) is 10.7. The van der Waals surface area contributed by atoms with E-state index in [1.165, 1.54) is 16.4 Å². The van der Waals surface area contributed by atoms with Gasteiger partial charge in [0.15, 0.2) is 17.8 Å². The number of hydrogen-bond donors (Lipinski definition) is 2. The normalized spacial score (nSPS) is 21.2. The molecule has 2 fully saturated rings. The maximum absolute atomic E-state index is 13.9. The summed E-state index contributed by atoms with van der Waals surface area (Å²) < 4.78 is 62.6. The van der Waals surface area contributed by atoms with E-state index in [4.69, 9.17) is 28.4 Å². The molecule has 0 radical (unpaired) electrons. The van der Waals surface area contributed by atoms with Crippen molar-refractivity contribution in [2.45, 2.75) is 62.7 Å². The number of aliphatic hydroxyl groups excluding tert-OH is 1. The predicted molar refractivity (Wildman–Crippen MR) is 172 cm³/mol. The van der Waals surface area contributed by atoms with Gasteiger partial charge in [-0.1, -0.05) is 32.0 Å². The lowest BCUT2D eigenvalue weighted by molar-refractivity contribution is -0.0907. The zero-order valence-corrected chi connectivity index (χ0v) is 27.7. The molecule has 3 aromatic rings. The molecule has 258 valence electrons. The number of aliphatic hydroxyl groups is 1. The first kappa shape index (κ1) is 33.9. The average Bonchev–Trinajstić information content (AvgIpc) is 3.83. The third kappa shape index (κ3) is 8.18. The van der Waals surface area contributed by atoms with Gasteiger partial charge in [0.05, 0.1) is 36.2 Å². The summed E-state index contributed by atoms with van der Waals surface area (Å²) in [7, 11) is -4.07. The van der Waals surface area contributed by atoms with Crippen LogP contribution < -0.4 is 19.5 Å². The van der Waals surface area contributed by atoms with Crippen LogP contribution in [0, 0.1) is 11.8 Å². The second kappa shape index (κ2) is 15.1. The molecule has 2 saturated heterocycles. The maximum atomic E-state index is 13.9. The van der Waals surface area contributed by atoms with E-state index >= 15 is 0 Å². The van der Waals surface area contributed by atoms with Crippen LogP contribution in [-0.2, 0) is 37.3 Å². The number of carbonyl (C=O) groups is 1. The van der Waals surface area contributed by atoms with Gasteiger partial charge in [-0.25, -0.2) is 13.2 Å². The van der Waals surface area contributed by atoms with Crippen molar-refractivity contribution in [1.29, 1.82) is 0 Å². The van der Waals surface area contributed by atoms with Crippen LogP contribution in [0.2, 0.25) is 0 Å². The molecular weight excluding hydrogens is 642 g/mol. The van der Waals surface area contributed by atoms with E-state index in [0.717, 1.165) is 11.1 Å². The van der Waals surface area contributed by atoms with Crippen LogP contribution in [0.25, 0.3) is 0 Å². The molecule has 5 unspecified atom stereocenters. The summed E-state index contributed by atoms with van der Waals surface area (Å²) in [5.41, 5.74) is 1.72. The van der Waals surface area contributed by atoms with Gasteiger partial charge < -0.3 is 38.8 Å². The van der Waals surface area contributed by atoms with Crippen molar-refractivity contribution in [3.05, 3.63) is 78.1 Å². The third-order valence-corrected chi connectivity index (χ3v) is 10.3. The zero-order valence-electron chi connectivity index (χ0n) is 26.9. The highest BCUT2D eigenvalue weighted by molar-refractivity contribution is 7.89. The fourth-order valence-electron chi connectivity index (χ4n) is 5.98. The van der Waals surface area contributed by atoms with Crippen molar-refractivity contribution in [1.82, 2.24) is 14.6 Å². The smallest absolute Gasteiger partial charge is 0.407 e. The standard InChI is InChI=1S/C34H41N3O10S/c1-22(2)17-37(48(40,41)26-9-10-30-31(15-26)46-21-45-30)18-29(38)28(36-34(39)47-32-20-44-33-27(32)11-13-42-33)14-23-5-7-25(8-6-23)43-19-24-4-3-12-35-16-24/h3-10,12,15-16,22,27-29,32-33,38H,11,13-14,17-21H2,1-2H3,(H,36,39). The van der Waals surface area contributed by atoms with E-state index in [9.17, 15) is 18.3 Å². The van der Waals surface area contributed by atoms with Gasteiger partial charge in [-0.15, -0.1) is 0 Å². The maximum Gasteiger partial charge on any atom is 0.407 e. The van der Waals surface area contributed by atoms with Crippen LogP contribution in [0.3, 0.4) is 0 Å². The minimum atomic E-state index is -4.07. The average molecular weight is 684 g/mol. The van der Waals surface area contributed by atoms with Crippen LogP contribution in [0.5, 0.6) is 17.2 Å². The van der Waals surface area contributed by atoms with Crippen LogP contribution in [-0.4, -0.2) is 86.5 Å². The van der Waals surface area contributed by atoms with Gasteiger partial charge in [-0.3, -0.25) is 4.98 Å². The summed E-state index contributed by atoms with van der Waals surface area (Å²) in [5, 5.41) is 14.5. The Morgan fingerprint density at radius 2 is 1.88 bits per heavy atom. The number of alkyl carbamates (subject to hydrolysis) is 1. The Bertz CT molecular complexity index is 1640. The molecule has 5 atom stereocenters. The molecule has 13 nitrogen and oxygen atoms in total. The largest absolute Gasteiger partial charge is 0.489 e. The Labute approximate surface area is 280 Å². The monoisotopic (exact) mass is 683 g/mol. The summed E-state index contributed by atoms with van der Waals surface area (Å²) in [4.78, 5) is 17.3. The second-order valence-corrected chi connectivity index (χ2v) is 14.5. The number of amides is 1. The van der Waals surface area contributed by atoms with E-state index in [0.29, 0.717) is 36.9 Å². The molecule has 0 aliphatic carbocycles. The predicted octanol–water partition coefficient (Wildman–Crippen LogP) is 3.50. The van der Waals surface area contributed by atoms with Crippen molar-refractivity contribution >= 4 is 16.1 Å². The van der Waals surface area contributed by atoms with Crippen molar-refractivity contribution < 1.29 is 46.7 Å². The number of sulfonamides is 1. The van der Waals surface area contributed by atoms with Gasteiger partial charge in [0, 0.05) is 37.1 Å². The van der Waals surface area contributed by atoms with Gasteiger partial charge in [-0.05, 0) is 54.7 Å². The quantitative estimate of drug-likeness (QED) is 0.257. The summed E-state index contributed by atoms with van der Waals surface area (Å²) in [6, 6.07) is 14.6. The van der Waals surface area contributed by atoms with Gasteiger partial charge in [-0.2, -0.15) is 4.31 Å². The lowest BCUT2D eigenvalue weighted by Crippen LogP contribution is -2.51. The van der Waals surface area contributed by atoms with Gasteiger partial charge in [0.2, 0.25) is 16.8 Å². The van der Waals surface area contributed by atoms with Crippen molar-refractivity contribution in [2.24, 2.45) is 11.8 Å². The molecular formula is C34H41N3O10S. The SMILES string of the molecule is CC(C)CN(CC(O)C(Cc1ccc(OCc2cccnc2)cc1)NC(=O)OC1COC2OCCC12)S(=O)(=O)c1ccc2c(c1)OCO2. The van der Waals surface area contributed by atoms with Crippen LogP contribution in [0.15, 0.2) is 71.9 Å². The van der Waals surface area contributed by atoms with Crippen LogP contribution >= 0.6 is 0 Å². The molecule has 1 aromatic heterocycles. The minimum Gasteiger partial charge on any atom is -0.489 e. The van der Waals surface area contributed by atoms with E-state index in [2.05, 4.69) is 10.3 Å². The fourth-order valence-corrected chi connectivity index (χ4v) is 7.62. The minimum absolute atomic E-state index is 0.00965. The summed E-state index contributed by atoms with van der Waals surface area (Å²) >= 11 is 0. The Hall–Kier alpha value is -3.95. The van der Waals surface area contributed by atoms with Crippen molar-refractivity contribution in [3.63, 3.8) is 0 Å². The van der Waals surface area contributed by atoms with E-state index < -0.39 is 40.7 Å². The first-order valence-electron chi connectivity index (χ1n) is 16.0. The van der Waals surface area contributed by atoms with Crippen molar-refractivity contribution in [3.8, 4) is 17.2 Å². The number of carbonyl (C=O) groups excluding carboxylic acids is 1. The lowest BCUT2D eigenvalue weighted by atomic mass is 10.0. The highest BCUT2D eigenvalue weighted by Gasteiger charge is 2.44. The highest BCUT2D eigenvalue weighted by atomic mass is 32.2. The molecule has 2 aromatic carbocycles. The van der Waals surface area contributed by atoms with Gasteiger partial charge in [0.25, 0.3) is 0 Å². The van der Waals surface area contributed by atoms with Gasteiger partial charge >= 0.3 is 6.09 Å². The van der Waals surface area contributed by atoms with E-state index in [-0.39, 0.29) is 49.6 Å². The summed E-state index contributed by atoms with van der Waals surface area (Å²) in [5.74, 6) is 1.32. The summed E-state index contributed by atoms with van der Waals surface area (Å²) in [6.45, 7) is 4.75. The van der Waals surface area contributed by atoms with Crippen molar-refractivity contribution in [2.75, 3.05) is 33.1 Å². The number of nitrogens with one attached hydrogen (secondary N) is 1. The number of rotatable bonds is 14. The molecule has 0 bridgehead atoms. The molecule has 14 heteroatoms. The number of ether oxygens (including phenoxy) is 6. The number of nitrogens with zero attached hydrogens (tertiary/aromatic N) is 2. The highest BCUT2D eigenvalue weighted by Crippen LogP contribution is 2.35. The number of fused-ring (bicyclic) bond motifs is 2. The number of benzene rings is 2. The lowest BCUT2D eigenvalue weighted by Gasteiger charge is -2.31. The van der Waals surface area contributed by atoms with Crippen LogP contribution in [0.4, 0.5) is 4.79 Å². The molecule has 0 spiro atoms. The molecule has 2 N–H and O–H groups in total. The van der Waals surface area contributed by atoms with Gasteiger partial charge in [0.1, 0.15) is 18.5 Å². The third-order valence-electron chi connectivity index (χ3n) is 8.46. The number of pyridine rings is 1. The Morgan fingerprint density at radius 1 is 1.06 bits per heavy atom. The molecule has 6 rings (SSSR count). The van der Waals surface area contributed by atoms with Crippen LogP contribution in [0.1, 0.15) is 31.4 Å². The summed E-state index contributed by atoms with van der Waals surface area (Å²) in [6.07, 6.45) is 1.42. The molecule has 4 heterocycles.